The lowest BCUT2D eigenvalue weighted by Crippen LogP contribution is -2.28. The van der Waals surface area contributed by atoms with E-state index in [1.807, 2.05) is 37.4 Å². The van der Waals surface area contributed by atoms with Gasteiger partial charge in [0.15, 0.2) is 0 Å². The molecule has 0 radical (unpaired) electrons. The first kappa shape index (κ1) is 25.5. The number of carbonyl (C=O) groups excluding carboxylic acids is 1. The number of aromatic nitrogens is 2. The molecule has 11 heteroatoms. The van der Waals surface area contributed by atoms with Crippen molar-refractivity contribution >= 4 is 29.0 Å². The van der Waals surface area contributed by atoms with Gasteiger partial charge in [-0.2, -0.15) is 0 Å². The molecule has 11 nitrogen and oxygen atoms in total. The Morgan fingerprint density at radius 1 is 1.17 bits per heavy atom. The molecule has 0 amide bonds. The number of hydrogen-bond donors (Lipinski definition) is 1. The molecule has 2 aromatic heterocycles. The van der Waals surface area contributed by atoms with Crippen molar-refractivity contribution in [2.45, 2.75) is 26.3 Å². The van der Waals surface area contributed by atoms with Gasteiger partial charge in [0.25, 0.3) is 0 Å². The summed E-state index contributed by atoms with van der Waals surface area (Å²) >= 11 is 0. The third-order valence-corrected chi connectivity index (χ3v) is 5.26. The van der Waals surface area contributed by atoms with Gasteiger partial charge in [-0.05, 0) is 37.6 Å². The fourth-order valence-corrected chi connectivity index (χ4v) is 3.54. The van der Waals surface area contributed by atoms with Crippen LogP contribution in [0.3, 0.4) is 0 Å². The Morgan fingerprint density at radius 3 is 2.66 bits per heavy atom. The number of nitrogens with zero attached hydrogens (tertiary/aromatic N) is 5. The first-order chi connectivity index (χ1) is 17.0. The standard InChI is InChI=1S/C24H30N6O5/c1-3-34-21(31)12-15-29(17-20-11-7-16-35-20)24-22(30(32)33)23(26-18-27-24)25-13-8-14-28(2)19-9-5-4-6-10-19/h4-7,9-11,16,18H,3,8,12-15,17H2,1-2H3,(H,25,26,27). The van der Waals surface area contributed by atoms with Crippen LogP contribution in [-0.2, 0) is 16.1 Å². The molecule has 3 rings (SSSR count). The summed E-state index contributed by atoms with van der Waals surface area (Å²) < 4.78 is 10.4. The van der Waals surface area contributed by atoms with Gasteiger partial charge in [-0.15, -0.1) is 0 Å². The van der Waals surface area contributed by atoms with Crippen LogP contribution in [0.25, 0.3) is 0 Å². The Labute approximate surface area is 203 Å². The molecule has 0 saturated heterocycles. The normalized spacial score (nSPS) is 10.6. The summed E-state index contributed by atoms with van der Waals surface area (Å²) in [4.78, 5) is 35.5. The van der Waals surface area contributed by atoms with Crippen LogP contribution in [0, 0.1) is 10.1 Å². The minimum absolute atomic E-state index is 0.0459. The molecule has 2 heterocycles. The smallest absolute Gasteiger partial charge is 0.353 e. The van der Waals surface area contributed by atoms with Gasteiger partial charge in [0.05, 0.1) is 30.8 Å². The molecule has 0 aliphatic heterocycles. The zero-order valence-electron chi connectivity index (χ0n) is 19.9. The minimum Gasteiger partial charge on any atom is -0.467 e. The van der Waals surface area contributed by atoms with Gasteiger partial charge in [-0.25, -0.2) is 9.97 Å². The van der Waals surface area contributed by atoms with Gasteiger partial charge in [-0.3, -0.25) is 14.9 Å². The number of para-hydroxylation sites is 1. The van der Waals surface area contributed by atoms with E-state index in [9.17, 15) is 14.9 Å². The molecule has 1 aromatic carbocycles. The predicted molar refractivity (Wildman–Crippen MR) is 133 cm³/mol. The van der Waals surface area contributed by atoms with E-state index in [1.165, 1.54) is 12.6 Å². The summed E-state index contributed by atoms with van der Waals surface area (Å²) in [6.45, 7) is 3.59. The highest BCUT2D eigenvalue weighted by Crippen LogP contribution is 2.33. The number of furan rings is 1. The number of benzene rings is 1. The molecule has 0 bridgehead atoms. The van der Waals surface area contributed by atoms with Crippen LogP contribution in [0.15, 0.2) is 59.5 Å². The van der Waals surface area contributed by atoms with E-state index in [0.717, 1.165) is 18.7 Å². The Bertz CT molecular complexity index is 1080. The number of nitro groups is 1. The van der Waals surface area contributed by atoms with Crippen LogP contribution in [0.5, 0.6) is 0 Å². The van der Waals surface area contributed by atoms with Crippen LogP contribution >= 0.6 is 0 Å². The van der Waals surface area contributed by atoms with E-state index >= 15 is 0 Å². The fraction of sp³-hybridized carbons (Fsp3) is 0.375. The van der Waals surface area contributed by atoms with E-state index < -0.39 is 10.9 Å². The fourth-order valence-electron chi connectivity index (χ4n) is 3.54. The molecule has 0 spiro atoms. The lowest BCUT2D eigenvalue weighted by atomic mass is 10.3. The molecule has 0 fully saturated rings. The van der Waals surface area contributed by atoms with Crippen LogP contribution in [0.2, 0.25) is 0 Å². The molecule has 1 N–H and O–H groups in total. The SMILES string of the molecule is CCOC(=O)CCN(Cc1ccco1)c1ncnc(NCCCN(C)c2ccccc2)c1[N+](=O)[O-]. The molecule has 0 atom stereocenters. The molecule has 186 valence electrons. The zero-order valence-corrected chi connectivity index (χ0v) is 19.9. The second kappa shape index (κ2) is 12.9. The highest BCUT2D eigenvalue weighted by atomic mass is 16.6. The third-order valence-electron chi connectivity index (χ3n) is 5.26. The average molecular weight is 483 g/mol. The summed E-state index contributed by atoms with van der Waals surface area (Å²) in [5.74, 6) is 0.423. The summed E-state index contributed by atoms with van der Waals surface area (Å²) in [5.41, 5.74) is 0.845. The van der Waals surface area contributed by atoms with Crippen molar-refractivity contribution in [2.75, 3.05) is 48.4 Å². The largest absolute Gasteiger partial charge is 0.467 e. The monoisotopic (exact) mass is 482 g/mol. The van der Waals surface area contributed by atoms with E-state index in [1.54, 1.807) is 24.0 Å². The van der Waals surface area contributed by atoms with Crippen LogP contribution in [-0.4, -0.2) is 54.1 Å². The first-order valence-electron chi connectivity index (χ1n) is 11.4. The maximum atomic E-state index is 12.1. The summed E-state index contributed by atoms with van der Waals surface area (Å²) in [6.07, 6.45) is 3.58. The second-order valence-corrected chi connectivity index (χ2v) is 7.74. The second-order valence-electron chi connectivity index (χ2n) is 7.74. The Morgan fingerprint density at radius 2 is 1.97 bits per heavy atom. The molecular weight excluding hydrogens is 452 g/mol. The number of rotatable bonds is 14. The lowest BCUT2D eigenvalue weighted by molar-refractivity contribution is -0.383. The highest BCUT2D eigenvalue weighted by Gasteiger charge is 2.28. The van der Waals surface area contributed by atoms with Crippen molar-refractivity contribution in [3.05, 3.63) is 70.9 Å². The van der Waals surface area contributed by atoms with Crippen molar-refractivity contribution in [3.8, 4) is 0 Å². The van der Waals surface area contributed by atoms with Crippen molar-refractivity contribution in [1.82, 2.24) is 9.97 Å². The molecule has 0 saturated carbocycles. The van der Waals surface area contributed by atoms with Gasteiger partial charge < -0.3 is 24.3 Å². The number of ether oxygens (including phenoxy) is 1. The summed E-state index contributed by atoms with van der Waals surface area (Å²) in [6, 6.07) is 13.5. The van der Waals surface area contributed by atoms with Gasteiger partial charge in [0.2, 0.25) is 11.6 Å². The first-order valence-corrected chi connectivity index (χ1v) is 11.4. The topological polar surface area (TPSA) is 127 Å². The number of carbonyl (C=O) groups is 1. The number of nitrogens with one attached hydrogen (secondary N) is 1. The van der Waals surface area contributed by atoms with Gasteiger partial charge in [-0.1, -0.05) is 18.2 Å². The van der Waals surface area contributed by atoms with E-state index in [0.29, 0.717) is 12.3 Å². The zero-order chi connectivity index (χ0) is 25.0. The molecule has 0 aliphatic carbocycles. The number of hydrogen-bond acceptors (Lipinski definition) is 10. The molecule has 0 unspecified atom stereocenters. The maximum Gasteiger partial charge on any atom is 0.353 e. The Hall–Kier alpha value is -4.15. The summed E-state index contributed by atoms with van der Waals surface area (Å²) in [5, 5.41) is 15.1. The van der Waals surface area contributed by atoms with Gasteiger partial charge in [0, 0.05) is 32.4 Å². The van der Waals surface area contributed by atoms with Crippen molar-refractivity contribution < 1.29 is 18.9 Å². The van der Waals surface area contributed by atoms with E-state index in [4.69, 9.17) is 9.15 Å². The minimum atomic E-state index is -0.507. The van der Waals surface area contributed by atoms with Crippen LogP contribution in [0.4, 0.5) is 23.0 Å². The molecule has 3 aromatic rings. The molecular formula is C24H30N6O5. The van der Waals surface area contributed by atoms with Crippen LogP contribution < -0.4 is 15.1 Å². The average Bonchev–Trinajstić information content (AvgIpc) is 3.38. The summed E-state index contributed by atoms with van der Waals surface area (Å²) in [7, 11) is 2.00. The molecule has 0 aliphatic rings. The Balaban J connectivity index is 1.73. The van der Waals surface area contributed by atoms with Crippen molar-refractivity contribution in [2.24, 2.45) is 0 Å². The maximum absolute atomic E-state index is 12.1. The lowest BCUT2D eigenvalue weighted by Gasteiger charge is -2.23. The molecule has 35 heavy (non-hydrogen) atoms. The van der Waals surface area contributed by atoms with Crippen LogP contribution in [0.1, 0.15) is 25.5 Å². The third kappa shape index (κ3) is 7.42. The highest BCUT2D eigenvalue weighted by molar-refractivity contribution is 5.73. The van der Waals surface area contributed by atoms with Crippen molar-refractivity contribution in [3.63, 3.8) is 0 Å². The Kier molecular flexibility index (Phi) is 9.40. The van der Waals surface area contributed by atoms with E-state index in [-0.39, 0.29) is 43.4 Å². The predicted octanol–water partition coefficient (Wildman–Crippen LogP) is 3.88. The quantitative estimate of drug-likeness (QED) is 0.156. The van der Waals surface area contributed by atoms with Gasteiger partial charge in [0.1, 0.15) is 12.1 Å². The number of esters is 1. The van der Waals surface area contributed by atoms with Crippen molar-refractivity contribution in [1.29, 1.82) is 0 Å². The van der Waals surface area contributed by atoms with Gasteiger partial charge >= 0.3 is 11.7 Å². The number of anilines is 3. The van der Waals surface area contributed by atoms with E-state index in [2.05, 4.69) is 20.2 Å².